The van der Waals surface area contributed by atoms with Crippen LogP contribution in [0.3, 0.4) is 0 Å². The first-order chi connectivity index (χ1) is 14.4. The average molecular weight is 439 g/mol. The molecule has 1 saturated heterocycles. The maximum absolute atomic E-state index is 14.6. The highest BCUT2D eigenvalue weighted by molar-refractivity contribution is 7.13. The van der Waals surface area contributed by atoms with Crippen LogP contribution in [0.5, 0.6) is 0 Å². The zero-order valence-corrected chi connectivity index (χ0v) is 16.0. The predicted octanol–water partition coefficient (Wildman–Crippen LogP) is 3.16. The molecule has 2 aliphatic heterocycles. The summed E-state index contributed by atoms with van der Waals surface area (Å²) in [6.45, 7) is 0.511. The Hall–Kier alpha value is -2.86. The minimum atomic E-state index is -4.90. The van der Waals surface area contributed by atoms with Crippen molar-refractivity contribution in [3.63, 3.8) is 0 Å². The minimum absolute atomic E-state index is 0.0822. The number of ether oxygens (including phenoxy) is 1. The van der Waals surface area contributed by atoms with Crippen LogP contribution in [0.1, 0.15) is 27.8 Å². The van der Waals surface area contributed by atoms with Gasteiger partial charge in [-0.1, -0.05) is 6.07 Å². The fourth-order valence-corrected chi connectivity index (χ4v) is 4.51. The summed E-state index contributed by atoms with van der Waals surface area (Å²) in [5.74, 6) is -1.43. The van der Waals surface area contributed by atoms with E-state index in [0.29, 0.717) is 22.7 Å². The Kier molecular flexibility index (Phi) is 4.36. The molecule has 0 radical (unpaired) electrons. The molecule has 2 aromatic heterocycles. The number of alkyl halides is 3. The van der Waals surface area contributed by atoms with Crippen LogP contribution in [-0.4, -0.2) is 49.8 Å². The van der Waals surface area contributed by atoms with Gasteiger partial charge in [0, 0.05) is 18.1 Å². The molecular formula is C18H13F4N5O2S. The Morgan fingerprint density at radius 2 is 2.07 bits per heavy atom. The van der Waals surface area contributed by atoms with Gasteiger partial charge in [-0.25, -0.2) is 9.37 Å². The first-order valence-corrected chi connectivity index (χ1v) is 9.83. The number of rotatable bonds is 2. The maximum Gasteiger partial charge on any atom is 0.419 e. The number of aromatic nitrogens is 4. The van der Waals surface area contributed by atoms with E-state index in [0.717, 1.165) is 12.1 Å². The van der Waals surface area contributed by atoms with Crippen molar-refractivity contribution in [3.8, 4) is 10.8 Å². The highest BCUT2D eigenvalue weighted by Crippen LogP contribution is 2.38. The predicted molar refractivity (Wildman–Crippen MR) is 96.0 cm³/mol. The topological polar surface area (TPSA) is 73.1 Å². The van der Waals surface area contributed by atoms with Gasteiger partial charge in [0.25, 0.3) is 5.91 Å². The van der Waals surface area contributed by atoms with E-state index < -0.39 is 41.1 Å². The fourth-order valence-electron chi connectivity index (χ4n) is 3.88. The summed E-state index contributed by atoms with van der Waals surface area (Å²) in [5.41, 5.74) is -2.10. The molecule has 2 aliphatic rings. The molecule has 0 spiro atoms. The number of nitrogens with zero attached hydrogens (tertiary/aromatic N) is 5. The van der Waals surface area contributed by atoms with Crippen LogP contribution in [0.25, 0.3) is 10.8 Å². The molecule has 1 aromatic carbocycles. The standard InChI is InChI=1S/C18H13F4N5O2S/c19-13-10(2-1-3-11(13)18(20,21)22)17(28)27-9-6-26-14(12(27)8-29-7-9)24-25-15(26)16-23-4-5-30-16/h1-5,9,12H,6-8H2/t9-,12-/m1/s1. The van der Waals surface area contributed by atoms with Crippen LogP contribution < -0.4 is 0 Å². The van der Waals surface area contributed by atoms with E-state index >= 15 is 0 Å². The van der Waals surface area contributed by atoms with Gasteiger partial charge in [0.1, 0.15) is 11.9 Å². The fraction of sp³-hybridized carbons (Fsp3) is 0.333. The van der Waals surface area contributed by atoms with Gasteiger partial charge in [-0.3, -0.25) is 4.79 Å². The lowest BCUT2D eigenvalue weighted by Crippen LogP contribution is -2.56. The molecular weight excluding hydrogens is 426 g/mol. The van der Waals surface area contributed by atoms with Gasteiger partial charge in [-0.2, -0.15) is 13.2 Å². The van der Waals surface area contributed by atoms with Crippen molar-refractivity contribution in [2.45, 2.75) is 24.8 Å². The number of carbonyl (C=O) groups is 1. The first-order valence-electron chi connectivity index (χ1n) is 8.95. The summed E-state index contributed by atoms with van der Waals surface area (Å²) in [6, 6.07) is 1.50. The van der Waals surface area contributed by atoms with Crippen LogP contribution in [-0.2, 0) is 17.5 Å². The quantitative estimate of drug-likeness (QED) is 0.574. The second kappa shape index (κ2) is 6.84. The summed E-state index contributed by atoms with van der Waals surface area (Å²) in [6.07, 6.45) is -3.26. The number of benzene rings is 1. The van der Waals surface area contributed by atoms with Gasteiger partial charge in [-0.05, 0) is 12.1 Å². The molecule has 0 aliphatic carbocycles. The molecule has 156 valence electrons. The van der Waals surface area contributed by atoms with E-state index in [1.54, 1.807) is 11.6 Å². The number of hydrogen-bond donors (Lipinski definition) is 0. The summed E-state index contributed by atoms with van der Waals surface area (Å²) in [4.78, 5) is 18.7. The number of amides is 1. The Bertz CT molecular complexity index is 1110. The summed E-state index contributed by atoms with van der Waals surface area (Å²) in [7, 11) is 0. The van der Waals surface area contributed by atoms with E-state index in [1.807, 2.05) is 4.57 Å². The van der Waals surface area contributed by atoms with E-state index in [-0.39, 0.29) is 19.8 Å². The molecule has 0 saturated carbocycles. The molecule has 30 heavy (non-hydrogen) atoms. The van der Waals surface area contributed by atoms with Gasteiger partial charge < -0.3 is 14.2 Å². The number of fused-ring (bicyclic) bond motifs is 4. The van der Waals surface area contributed by atoms with Crippen molar-refractivity contribution < 1.29 is 27.1 Å². The second-order valence-corrected chi connectivity index (χ2v) is 7.81. The lowest BCUT2D eigenvalue weighted by Gasteiger charge is -2.45. The van der Waals surface area contributed by atoms with Gasteiger partial charge in [0.05, 0.1) is 30.4 Å². The van der Waals surface area contributed by atoms with Gasteiger partial charge in [-0.15, -0.1) is 21.5 Å². The van der Waals surface area contributed by atoms with E-state index in [4.69, 9.17) is 4.74 Å². The van der Waals surface area contributed by atoms with Gasteiger partial charge >= 0.3 is 6.18 Å². The zero-order valence-electron chi connectivity index (χ0n) is 15.1. The maximum atomic E-state index is 14.6. The van der Waals surface area contributed by atoms with Crippen molar-refractivity contribution in [1.29, 1.82) is 0 Å². The van der Waals surface area contributed by atoms with Crippen LogP contribution in [0.15, 0.2) is 29.8 Å². The van der Waals surface area contributed by atoms with Crippen molar-refractivity contribution in [2.75, 3.05) is 13.2 Å². The molecule has 5 rings (SSSR count). The number of carbonyl (C=O) groups excluding carboxylic acids is 1. The number of halogens is 4. The molecule has 4 heterocycles. The molecule has 2 atom stereocenters. The van der Waals surface area contributed by atoms with Crippen LogP contribution in [0.2, 0.25) is 0 Å². The number of thiazole rings is 1. The van der Waals surface area contributed by atoms with Crippen molar-refractivity contribution in [3.05, 3.63) is 52.5 Å². The summed E-state index contributed by atoms with van der Waals surface area (Å²) >= 11 is 1.39. The Morgan fingerprint density at radius 3 is 2.80 bits per heavy atom. The molecule has 7 nitrogen and oxygen atoms in total. The normalized spacial score (nSPS) is 20.9. The summed E-state index contributed by atoms with van der Waals surface area (Å²) in [5, 5.41) is 10.8. The molecule has 12 heteroatoms. The number of hydrogen-bond acceptors (Lipinski definition) is 6. The Morgan fingerprint density at radius 1 is 1.23 bits per heavy atom. The highest BCUT2D eigenvalue weighted by atomic mass is 32.1. The third-order valence-electron chi connectivity index (χ3n) is 5.18. The Labute approximate surface area is 170 Å². The van der Waals surface area contributed by atoms with Crippen molar-refractivity contribution in [1.82, 2.24) is 24.6 Å². The third kappa shape index (κ3) is 2.89. The molecule has 0 N–H and O–H groups in total. The highest BCUT2D eigenvalue weighted by Gasteiger charge is 2.45. The minimum Gasteiger partial charge on any atom is -0.377 e. The van der Waals surface area contributed by atoms with Gasteiger partial charge in [0.2, 0.25) is 0 Å². The molecule has 3 aromatic rings. The van der Waals surface area contributed by atoms with Crippen molar-refractivity contribution in [2.24, 2.45) is 0 Å². The van der Waals surface area contributed by atoms with E-state index in [1.165, 1.54) is 16.2 Å². The molecule has 2 bridgehead atoms. The lowest BCUT2D eigenvalue weighted by molar-refractivity contribution is -0.140. The SMILES string of the molecule is O=C(c1cccc(C(F)(F)F)c1F)N1[C@H]2COC[C@@H]1c1nnc(-c3nccs3)n1C2. The monoisotopic (exact) mass is 439 g/mol. The largest absolute Gasteiger partial charge is 0.419 e. The van der Waals surface area contributed by atoms with Crippen LogP contribution in [0.4, 0.5) is 17.6 Å². The third-order valence-corrected chi connectivity index (χ3v) is 5.95. The van der Waals surface area contributed by atoms with Gasteiger partial charge in [0.15, 0.2) is 16.7 Å². The second-order valence-electron chi connectivity index (χ2n) is 6.91. The van der Waals surface area contributed by atoms with Crippen molar-refractivity contribution >= 4 is 17.2 Å². The first kappa shape index (κ1) is 19.1. The zero-order chi connectivity index (χ0) is 21.0. The average Bonchev–Trinajstić information content (AvgIpc) is 3.35. The molecule has 0 unspecified atom stereocenters. The number of morpholine rings is 1. The summed E-state index contributed by atoms with van der Waals surface area (Å²) < 4.78 is 61.3. The molecule has 1 amide bonds. The van der Waals surface area contributed by atoms with Crippen LogP contribution >= 0.6 is 11.3 Å². The van der Waals surface area contributed by atoms with E-state index in [2.05, 4.69) is 15.2 Å². The molecule has 1 fully saturated rings. The smallest absolute Gasteiger partial charge is 0.377 e. The van der Waals surface area contributed by atoms with E-state index in [9.17, 15) is 22.4 Å². The lowest BCUT2D eigenvalue weighted by atomic mass is 10.0. The van der Waals surface area contributed by atoms with Crippen LogP contribution in [0, 0.1) is 5.82 Å². The Balaban J connectivity index is 1.55.